The highest BCUT2D eigenvalue weighted by molar-refractivity contribution is 7.90. The zero-order valence-electron chi connectivity index (χ0n) is 11.3. The van der Waals surface area contributed by atoms with Crippen molar-refractivity contribution >= 4 is 20.9 Å². The van der Waals surface area contributed by atoms with Crippen LogP contribution in [0.1, 0.15) is 32.6 Å². The molecule has 1 heterocycles. The summed E-state index contributed by atoms with van der Waals surface area (Å²) < 4.78 is 28.6. The van der Waals surface area contributed by atoms with Crippen LogP contribution >= 0.6 is 0 Å². The molecule has 0 aliphatic rings. The molecule has 0 spiro atoms. The maximum absolute atomic E-state index is 11.5. The van der Waals surface area contributed by atoms with Crippen molar-refractivity contribution in [3.05, 3.63) is 24.1 Å². The molecule has 1 aromatic carbocycles. The minimum absolute atomic E-state index is 0.231. The van der Waals surface area contributed by atoms with Crippen LogP contribution < -0.4 is 5.73 Å². The molecule has 5 nitrogen and oxygen atoms in total. The van der Waals surface area contributed by atoms with E-state index in [0.717, 1.165) is 12.8 Å². The molecule has 104 valence electrons. The van der Waals surface area contributed by atoms with Crippen molar-refractivity contribution in [2.24, 2.45) is 5.73 Å². The molecule has 0 amide bonds. The van der Waals surface area contributed by atoms with Crippen molar-refractivity contribution in [1.29, 1.82) is 0 Å². The Kier molecular flexibility index (Phi) is 3.40. The van der Waals surface area contributed by atoms with E-state index >= 15 is 0 Å². The van der Waals surface area contributed by atoms with Gasteiger partial charge in [0.25, 0.3) is 0 Å². The third-order valence-electron chi connectivity index (χ3n) is 3.05. The summed E-state index contributed by atoms with van der Waals surface area (Å²) in [4.78, 5) is 4.55. The van der Waals surface area contributed by atoms with Crippen LogP contribution in [0.4, 0.5) is 0 Å². The first-order valence-electron chi connectivity index (χ1n) is 6.14. The first kappa shape index (κ1) is 14.0. The van der Waals surface area contributed by atoms with Gasteiger partial charge >= 0.3 is 0 Å². The molecular formula is C13H18N2O3S. The Balaban J connectivity index is 2.53. The first-order valence-corrected chi connectivity index (χ1v) is 8.03. The lowest BCUT2D eigenvalue weighted by molar-refractivity contribution is 0.342. The number of benzene rings is 1. The van der Waals surface area contributed by atoms with E-state index in [-0.39, 0.29) is 4.90 Å². The lowest BCUT2D eigenvalue weighted by Crippen LogP contribution is -2.33. The van der Waals surface area contributed by atoms with Crippen LogP contribution in [0.3, 0.4) is 0 Å². The van der Waals surface area contributed by atoms with Gasteiger partial charge < -0.3 is 10.2 Å². The van der Waals surface area contributed by atoms with Gasteiger partial charge in [-0.15, -0.1) is 0 Å². The maximum Gasteiger partial charge on any atom is 0.215 e. The highest BCUT2D eigenvalue weighted by atomic mass is 32.2. The molecule has 0 bridgehead atoms. The monoisotopic (exact) mass is 282 g/mol. The summed E-state index contributed by atoms with van der Waals surface area (Å²) in [6.07, 6.45) is 2.83. The molecule has 0 aliphatic carbocycles. The van der Waals surface area contributed by atoms with Crippen LogP contribution in [-0.4, -0.2) is 19.7 Å². The van der Waals surface area contributed by atoms with E-state index in [4.69, 9.17) is 10.2 Å². The molecule has 2 N–H and O–H groups in total. The standard InChI is InChI=1S/C13H18N2O3S/c1-4-7-13(2,14)12-15-10-8-9(19(3,16)17)5-6-11(10)18-12/h5-6,8H,4,7,14H2,1-3H3. The number of oxazole rings is 1. The summed E-state index contributed by atoms with van der Waals surface area (Å²) in [6, 6.07) is 4.64. The summed E-state index contributed by atoms with van der Waals surface area (Å²) in [5.41, 5.74) is 6.59. The van der Waals surface area contributed by atoms with E-state index in [1.165, 1.54) is 18.4 Å². The predicted molar refractivity (Wildman–Crippen MR) is 73.6 cm³/mol. The molecule has 0 radical (unpaired) electrons. The van der Waals surface area contributed by atoms with Crippen molar-refractivity contribution in [2.45, 2.75) is 37.1 Å². The number of nitrogens with zero attached hydrogens (tertiary/aromatic N) is 1. The largest absolute Gasteiger partial charge is 0.439 e. The first-order chi connectivity index (χ1) is 8.74. The minimum atomic E-state index is -3.24. The van der Waals surface area contributed by atoms with Gasteiger partial charge in [-0.3, -0.25) is 0 Å². The van der Waals surface area contributed by atoms with Crippen LogP contribution in [-0.2, 0) is 15.4 Å². The topological polar surface area (TPSA) is 86.2 Å². The Labute approximate surface area is 112 Å². The molecule has 2 aromatic rings. The number of hydrogen-bond donors (Lipinski definition) is 1. The molecule has 1 aromatic heterocycles. The zero-order chi connectivity index (χ0) is 14.3. The van der Waals surface area contributed by atoms with E-state index in [2.05, 4.69) is 4.98 Å². The lowest BCUT2D eigenvalue weighted by atomic mass is 9.98. The van der Waals surface area contributed by atoms with Gasteiger partial charge in [0.1, 0.15) is 5.52 Å². The second-order valence-electron chi connectivity index (χ2n) is 5.09. The normalized spacial score (nSPS) is 15.6. The van der Waals surface area contributed by atoms with Crippen molar-refractivity contribution in [3.63, 3.8) is 0 Å². The Morgan fingerprint density at radius 3 is 2.68 bits per heavy atom. The Hall–Kier alpha value is -1.40. The van der Waals surface area contributed by atoms with Crippen LogP contribution in [0.15, 0.2) is 27.5 Å². The average Bonchev–Trinajstić information content (AvgIpc) is 2.70. The number of nitrogens with two attached hydrogens (primary N) is 1. The van der Waals surface area contributed by atoms with Gasteiger partial charge in [0.15, 0.2) is 15.4 Å². The minimum Gasteiger partial charge on any atom is -0.439 e. The van der Waals surface area contributed by atoms with Crippen LogP contribution in [0.25, 0.3) is 11.1 Å². The molecule has 0 fully saturated rings. The number of sulfone groups is 1. The van der Waals surface area contributed by atoms with Crippen LogP contribution in [0.2, 0.25) is 0 Å². The van der Waals surface area contributed by atoms with Crippen molar-refractivity contribution in [1.82, 2.24) is 4.98 Å². The fourth-order valence-corrected chi connectivity index (χ4v) is 2.65. The smallest absolute Gasteiger partial charge is 0.215 e. The molecule has 19 heavy (non-hydrogen) atoms. The number of hydrogen-bond acceptors (Lipinski definition) is 5. The highest BCUT2D eigenvalue weighted by Crippen LogP contribution is 2.27. The molecular weight excluding hydrogens is 264 g/mol. The van der Waals surface area contributed by atoms with Gasteiger partial charge in [-0.05, 0) is 31.5 Å². The van der Waals surface area contributed by atoms with Crippen molar-refractivity contribution in [2.75, 3.05) is 6.26 Å². The second-order valence-corrected chi connectivity index (χ2v) is 7.10. The van der Waals surface area contributed by atoms with Gasteiger partial charge in [0, 0.05) is 6.26 Å². The highest BCUT2D eigenvalue weighted by Gasteiger charge is 2.26. The fraction of sp³-hybridized carbons (Fsp3) is 0.462. The Morgan fingerprint density at radius 1 is 1.42 bits per heavy atom. The lowest BCUT2D eigenvalue weighted by Gasteiger charge is -2.19. The molecule has 6 heteroatoms. The quantitative estimate of drug-likeness (QED) is 0.929. The molecule has 0 saturated heterocycles. The number of rotatable bonds is 4. The summed E-state index contributed by atoms with van der Waals surface area (Å²) in [6.45, 7) is 3.90. The van der Waals surface area contributed by atoms with Crippen molar-refractivity contribution in [3.8, 4) is 0 Å². The van der Waals surface area contributed by atoms with E-state index in [1.807, 2.05) is 13.8 Å². The van der Waals surface area contributed by atoms with Crippen LogP contribution in [0, 0.1) is 0 Å². The summed E-state index contributed by atoms with van der Waals surface area (Å²) in [7, 11) is -3.24. The van der Waals surface area contributed by atoms with Crippen LogP contribution in [0.5, 0.6) is 0 Å². The second kappa shape index (κ2) is 4.61. The maximum atomic E-state index is 11.5. The van der Waals surface area contributed by atoms with Gasteiger partial charge in [0.2, 0.25) is 5.89 Å². The number of fused-ring (bicyclic) bond motifs is 1. The van der Waals surface area contributed by atoms with E-state index in [0.29, 0.717) is 17.0 Å². The Morgan fingerprint density at radius 2 is 2.11 bits per heavy atom. The summed E-state index contributed by atoms with van der Waals surface area (Å²) in [5.74, 6) is 0.440. The molecule has 0 saturated carbocycles. The number of aromatic nitrogens is 1. The van der Waals surface area contributed by atoms with E-state index in [1.54, 1.807) is 6.07 Å². The summed E-state index contributed by atoms with van der Waals surface area (Å²) >= 11 is 0. The van der Waals surface area contributed by atoms with Gasteiger partial charge in [0.05, 0.1) is 10.4 Å². The fourth-order valence-electron chi connectivity index (χ4n) is 2.01. The van der Waals surface area contributed by atoms with Gasteiger partial charge in [-0.25, -0.2) is 13.4 Å². The van der Waals surface area contributed by atoms with E-state index in [9.17, 15) is 8.42 Å². The molecule has 1 atom stereocenters. The summed E-state index contributed by atoms with van der Waals surface area (Å²) in [5, 5.41) is 0. The SMILES string of the molecule is CCCC(C)(N)c1nc2cc(S(C)(=O)=O)ccc2o1. The molecule has 1 unspecified atom stereocenters. The zero-order valence-corrected chi connectivity index (χ0v) is 12.1. The van der Waals surface area contributed by atoms with Gasteiger partial charge in [-0.1, -0.05) is 13.3 Å². The average molecular weight is 282 g/mol. The molecule has 0 aliphatic heterocycles. The third kappa shape index (κ3) is 2.79. The van der Waals surface area contributed by atoms with Crippen molar-refractivity contribution < 1.29 is 12.8 Å². The van der Waals surface area contributed by atoms with E-state index < -0.39 is 15.4 Å². The third-order valence-corrected chi connectivity index (χ3v) is 4.16. The van der Waals surface area contributed by atoms with Gasteiger partial charge in [-0.2, -0.15) is 0 Å². The Bertz CT molecular complexity index is 702. The predicted octanol–water partition coefficient (Wildman–Crippen LogP) is 2.21. The molecule has 2 rings (SSSR count).